The number of ether oxygens (including phenoxy) is 1. The zero-order chi connectivity index (χ0) is 19.3. The number of aromatic nitrogens is 3. The highest BCUT2D eigenvalue weighted by Crippen LogP contribution is 2.45. The lowest BCUT2D eigenvalue weighted by atomic mass is 9.77. The lowest BCUT2D eigenvalue weighted by Gasteiger charge is -2.39. The van der Waals surface area contributed by atoms with E-state index in [9.17, 15) is 4.79 Å². The Morgan fingerprint density at radius 2 is 1.86 bits per heavy atom. The molecule has 2 saturated carbocycles. The number of benzene rings is 1. The van der Waals surface area contributed by atoms with Gasteiger partial charge in [0.25, 0.3) is 0 Å². The average molecular weight is 380 g/mol. The van der Waals surface area contributed by atoms with Crippen LogP contribution in [0.3, 0.4) is 0 Å². The van der Waals surface area contributed by atoms with Crippen LogP contribution in [-0.2, 0) is 16.8 Å². The standard InChI is InChI=1S/C22H28N4O2/c1-15-13-25(14-19-23-24-20(26(15)19)16-5-6-16)21(27)22(11-3-4-12-22)17-7-9-18(28-2)10-8-17/h7-10,15-16H,3-6,11-14H2,1-2H3/t15-/m0/s1. The van der Waals surface area contributed by atoms with E-state index in [1.165, 1.54) is 12.8 Å². The van der Waals surface area contributed by atoms with Crippen LogP contribution in [0.4, 0.5) is 0 Å². The van der Waals surface area contributed by atoms with Crippen LogP contribution < -0.4 is 4.74 Å². The summed E-state index contributed by atoms with van der Waals surface area (Å²) >= 11 is 0. The molecule has 0 radical (unpaired) electrons. The Balaban J connectivity index is 1.45. The minimum absolute atomic E-state index is 0.229. The summed E-state index contributed by atoms with van der Waals surface area (Å²) in [6.45, 7) is 3.50. The molecule has 1 atom stereocenters. The molecule has 6 heteroatoms. The van der Waals surface area contributed by atoms with Crippen molar-refractivity contribution in [2.75, 3.05) is 13.7 Å². The van der Waals surface area contributed by atoms with Crippen molar-refractivity contribution < 1.29 is 9.53 Å². The van der Waals surface area contributed by atoms with Gasteiger partial charge in [0.05, 0.1) is 25.1 Å². The maximum Gasteiger partial charge on any atom is 0.233 e. The van der Waals surface area contributed by atoms with Crippen LogP contribution in [0.25, 0.3) is 0 Å². The normalized spacial score (nSPS) is 23.5. The molecule has 0 N–H and O–H groups in total. The molecule has 5 rings (SSSR count). The fourth-order valence-corrected chi connectivity index (χ4v) is 5.15. The van der Waals surface area contributed by atoms with Crippen LogP contribution in [-0.4, -0.2) is 39.2 Å². The third kappa shape index (κ3) is 2.73. The van der Waals surface area contributed by atoms with Crippen molar-refractivity contribution in [1.29, 1.82) is 0 Å². The third-order valence-electron chi connectivity index (χ3n) is 6.79. The van der Waals surface area contributed by atoms with Gasteiger partial charge in [0.2, 0.25) is 5.91 Å². The smallest absolute Gasteiger partial charge is 0.233 e. The van der Waals surface area contributed by atoms with Gasteiger partial charge in [0, 0.05) is 12.5 Å². The zero-order valence-corrected chi connectivity index (χ0v) is 16.7. The quantitative estimate of drug-likeness (QED) is 0.813. The van der Waals surface area contributed by atoms with E-state index in [2.05, 4.69) is 33.8 Å². The van der Waals surface area contributed by atoms with E-state index in [1.54, 1.807) is 7.11 Å². The Morgan fingerprint density at radius 3 is 2.50 bits per heavy atom. The van der Waals surface area contributed by atoms with Crippen LogP contribution in [0, 0.1) is 0 Å². The first-order chi connectivity index (χ1) is 13.6. The number of carbonyl (C=O) groups is 1. The van der Waals surface area contributed by atoms with Crippen LogP contribution in [0.5, 0.6) is 5.75 Å². The average Bonchev–Trinajstić information content (AvgIpc) is 3.27. The fourth-order valence-electron chi connectivity index (χ4n) is 5.15. The van der Waals surface area contributed by atoms with Gasteiger partial charge in [0.1, 0.15) is 11.6 Å². The number of carbonyl (C=O) groups excluding carboxylic acids is 1. The van der Waals surface area contributed by atoms with Crippen molar-refractivity contribution in [3.63, 3.8) is 0 Å². The molecule has 1 aromatic heterocycles. The summed E-state index contributed by atoms with van der Waals surface area (Å²) in [4.78, 5) is 15.9. The molecule has 2 aromatic rings. The van der Waals surface area contributed by atoms with E-state index in [0.29, 0.717) is 12.5 Å². The Hall–Kier alpha value is -2.37. The van der Waals surface area contributed by atoms with Gasteiger partial charge < -0.3 is 14.2 Å². The van der Waals surface area contributed by atoms with Gasteiger partial charge in [0.15, 0.2) is 5.82 Å². The minimum atomic E-state index is -0.409. The number of hydrogen-bond donors (Lipinski definition) is 0. The highest BCUT2D eigenvalue weighted by Gasteiger charge is 2.46. The van der Waals surface area contributed by atoms with Crippen molar-refractivity contribution in [2.24, 2.45) is 0 Å². The molecule has 2 aliphatic carbocycles. The highest BCUT2D eigenvalue weighted by atomic mass is 16.5. The molecule has 1 aliphatic heterocycles. The Morgan fingerprint density at radius 1 is 1.14 bits per heavy atom. The molecule has 2 heterocycles. The van der Waals surface area contributed by atoms with E-state index < -0.39 is 5.41 Å². The first-order valence-corrected chi connectivity index (χ1v) is 10.5. The van der Waals surface area contributed by atoms with Gasteiger partial charge in [-0.05, 0) is 50.3 Å². The second-order valence-corrected chi connectivity index (χ2v) is 8.67. The van der Waals surface area contributed by atoms with Crippen molar-refractivity contribution >= 4 is 5.91 Å². The van der Waals surface area contributed by atoms with E-state index in [1.807, 2.05) is 17.0 Å². The molecule has 2 fully saturated rings. The minimum Gasteiger partial charge on any atom is -0.497 e. The second-order valence-electron chi connectivity index (χ2n) is 8.67. The van der Waals surface area contributed by atoms with Crippen molar-refractivity contribution in [3.05, 3.63) is 41.5 Å². The third-order valence-corrected chi connectivity index (χ3v) is 6.79. The molecule has 0 spiro atoms. The summed E-state index contributed by atoms with van der Waals surface area (Å²) in [5.41, 5.74) is 0.710. The summed E-state index contributed by atoms with van der Waals surface area (Å²) in [7, 11) is 1.67. The summed E-state index contributed by atoms with van der Waals surface area (Å²) in [5.74, 6) is 3.73. The zero-order valence-electron chi connectivity index (χ0n) is 16.7. The maximum atomic E-state index is 13.8. The number of amides is 1. The number of methoxy groups -OCH3 is 1. The lowest BCUT2D eigenvalue weighted by Crippen LogP contribution is -2.49. The van der Waals surface area contributed by atoms with Gasteiger partial charge in [-0.25, -0.2) is 0 Å². The molecule has 3 aliphatic rings. The summed E-state index contributed by atoms with van der Waals surface area (Å²) in [5, 5.41) is 8.91. The molecule has 1 aromatic carbocycles. The molecule has 148 valence electrons. The first-order valence-electron chi connectivity index (χ1n) is 10.5. The van der Waals surface area contributed by atoms with Crippen molar-refractivity contribution in [3.8, 4) is 5.75 Å². The highest BCUT2D eigenvalue weighted by molar-refractivity contribution is 5.88. The molecule has 0 saturated heterocycles. The SMILES string of the molecule is COc1ccc(C2(C(=O)N3Cc4nnc(C5CC5)n4[C@@H](C)C3)CCCC2)cc1. The van der Waals surface area contributed by atoms with Crippen LogP contribution in [0.15, 0.2) is 24.3 Å². The number of rotatable bonds is 4. The first kappa shape index (κ1) is 17.7. The Kier molecular flexibility index (Phi) is 4.18. The van der Waals surface area contributed by atoms with E-state index in [0.717, 1.165) is 55.2 Å². The number of fused-ring (bicyclic) bond motifs is 1. The number of hydrogen-bond acceptors (Lipinski definition) is 4. The topological polar surface area (TPSA) is 60.2 Å². The van der Waals surface area contributed by atoms with Gasteiger partial charge in [-0.2, -0.15) is 0 Å². The summed E-state index contributed by atoms with van der Waals surface area (Å²) in [6.07, 6.45) is 6.47. The number of nitrogens with zero attached hydrogens (tertiary/aromatic N) is 4. The summed E-state index contributed by atoms with van der Waals surface area (Å²) in [6, 6.07) is 8.32. The van der Waals surface area contributed by atoms with E-state index in [4.69, 9.17) is 4.74 Å². The van der Waals surface area contributed by atoms with Gasteiger partial charge in [-0.1, -0.05) is 25.0 Å². The molecule has 1 amide bonds. The second kappa shape index (κ2) is 6.61. The molecule has 0 unspecified atom stereocenters. The van der Waals surface area contributed by atoms with Crippen LogP contribution in [0.2, 0.25) is 0 Å². The fraction of sp³-hybridized carbons (Fsp3) is 0.591. The molecule has 28 heavy (non-hydrogen) atoms. The van der Waals surface area contributed by atoms with Gasteiger partial charge >= 0.3 is 0 Å². The molecular weight excluding hydrogens is 352 g/mol. The molecular formula is C22H28N4O2. The predicted octanol–water partition coefficient (Wildman–Crippen LogP) is 3.58. The monoisotopic (exact) mass is 380 g/mol. The maximum absolute atomic E-state index is 13.8. The largest absolute Gasteiger partial charge is 0.497 e. The van der Waals surface area contributed by atoms with Crippen molar-refractivity contribution in [1.82, 2.24) is 19.7 Å². The lowest BCUT2D eigenvalue weighted by molar-refractivity contribution is -0.139. The molecule has 6 nitrogen and oxygen atoms in total. The molecule has 0 bridgehead atoms. The van der Waals surface area contributed by atoms with E-state index >= 15 is 0 Å². The van der Waals surface area contributed by atoms with Gasteiger partial charge in [-0.15, -0.1) is 10.2 Å². The van der Waals surface area contributed by atoms with Crippen molar-refractivity contribution in [2.45, 2.75) is 69.4 Å². The van der Waals surface area contributed by atoms with Gasteiger partial charge in [-0.3, -0.25) is 4.79 Å². The summed E-state index contributed by atoms with van der Waals surface area (Å²) < 4.78 is 7.60. The van der Waals surface area contributed by atoms with E-state index in [-0.39, 0.29) is 11.9 Å². The Labute approximate surface area is 165 Å². The Bertz CT molecular complexity index is 878. The van der Waals surface area contributed by atoms with Crippen LogP contribution >= 0.6 is 0 Å². The van der Waals surface area contributed by atoms with Crippen LogP contribution in [0.1, 0.15) is 74.6 Å². The predicted molar refractivity (Wildman–Crippen MR) is 105 cm³/mol.